The highest BCUT2D eigenvalue weighted by atomic mass is 19.1. The number of methoxy groups -OCH3 is 2. The number of carbonyl (C=O) groups is 1. The molecule has 3 heterocycles. The van der Waals surface area contributed by atoms with Gasteiger partial charge in [-0.15, -0.1) is 0 Å². The van der Waals surface area contributed by atoms with Crippen molar-refractivity contribution in [1.82, 2.24) is 19.1 Å². The Morgan fingerprint density at radius 1 is 0.979 bits per heavy atom. The molecule has 0 saturated carbocycles. The minimum absolute atomic E-state index is 0.0816. The molecule has 1 aliphatic heterocycles. The number of halogens is 1. The number of fused-ring (bicyclic) bond motifs is 1. The third-order valence-electron chi connectivity index (χ3n) is 8.54. The number of anilines is 1. The lowest BCUT2D eigenvalue weighted by molar-refractivity contribution is -0.0935. The number of alkyl halides is 1. The van der Waals surface area contributed by atoms with Gasteiger partial charge in [-0.3, -0.25) is 14.2 Å². The van der Waals surface area contributed by atoms with Crippen LogP contribution in [0.3, 0.4) is 0 Å². The number of imidazole rings is 1. The van der Waals surface area contributed by atoms with Crippen LogP contribution in [0.2, 0.25) is 0 Å². The number of nitrogens with two attached hydrogens (primary N) is 1. The van der Waals surface area contributed by atoms with Gasteiger partial charge in [-0.1, -0.05) is 68.4 Å². The minimum atomic E-state index is -1.95. The second-order valence-electron chi connectivity index (χ2n) is 11.7. The van der Waals surface area contributed by atoms with E-state index in [1.807, 2.05) is 78.9 Å². The number of hydrogen-bond acceptors (Lipinski definition) is 10. The topological polar surface area (TPSA) is 153 Å². The fourth-order valence-electron chi connectivity index (χ4n) is 5.99. The molecule has 0 unspecified atom stereocenters. The van der Waals surface area contributed by atoms with Crippen molar-refractivity contribution in [3.05, 3.63) is 112 Å². The van der Waals surface area contributed by atoms with Crippen LogP contribution in [0.25, 0.3) is 11.2 Å². The average Bonchev–Trinajstić information content (AvgIpc) is 3.65. The van der Waals surface area contributed by atoms with E-state index < -0.39 is 47.6 Å². The van der Waals surface area contributed by atoms with Crippen LogP contribution >= 0.6 is 0 Å². The minimum Gasteiger partial charge on any atom is -0.497 e. The molecule has 0 amide bonds. The summed E-state index contributed by atoms with van der Waals surface area (Å²) in [5.41, 5.74) is 5.98. The summed E-state index contributed by atoms with van der Waals surface area (Å²) in [6, 6.07) is 24.3. The molecule has 0 bridgehead atoms. The van der Waals surface area contributed by atoms with Crippen molar-refractivity contribution in [2.75, 3.05) is 26.6 Å². The number of hydrogen-bond donors (Lipinski definition) is 2. The predicted octanol–water partition coefficient (Wildman–Crippen LogP) is 4.09. The molecule has 5 aromatic rings. The molecule has 48 heavy (non-hydrogen) atoms. The average molecular weight is 658 g/mol. The van der Waals surface area contributed by atoms with Crippen LogP contribution in [0.1, 0.15) is 41.6 Å². The Labute approximate surface area is 275 Å². The van der Waals surface area contributed by atoms with Crippen molar-refractivity contribution in [1.29, 1.82) is 0 Å². The van der Waals surface area contributed by atoms with E-state index in [4.69, 9.17) is 24.7 Å². The van der Waals surface area contributed by atoms with Crippen LogP contribution in [-0.4, -0.2) is 69.3 Å². The van der Waals surface area contributed by atoms with Gasteiger partial charge in [0, 0.05) is 5.92 Å². The summed E-state index contributed by atoms with van der Waals surface area (Å²) in [5.74, 6) is -0.154. The number of nitrogens with zero attached hydrogens (tertiary/aromatic N) is 4. The van der Waals surface area contributed by atoms with Crippen LogP contribution in [-0.2, 0) is 15.1 Å². The first kappa shape index (κ1) is 32.8. The summed E-state index contributed by atoms with van der Waals surface area (Å²) in [4.78, 5) is 34.1. The predicted molar refractivity (Wildman–Crippen MR) is 175 cm³/mol. The number of rotatable bonds is 10. The van der Waals surface area contributed by atoms with Gasteiger partial charge in [-0.2, -0.15) is 4.98 Å². The molecule has 4 atom stereocenters. The molecule has 6 rings (SSSR count). The molecule has 1 saturated heterocycles. The molecular formula is C35H36FN5O7. The Morgan fingerprint density at radius 3 is 2.08 bits per heavy atom. The summed E-state index contributed by atoms with van der Waals surface area (Å²) < 4.78 is 41.5. The second kappa shape index (κ2) is 13.2. The molecule has 13 heteroatoms. The lowest BCUT2D eigenvalue weighted by atomic mass is 9.80. The lowest BCUT2D eigenvalue weighted by Gasteiger charge is -2.37. The maximum atomic E-state index is 15.9. The normalized spacial score (nSPS) is 19.6. The van der Waals surface area contributed by atoms with Gasteiger partial charge in [-0.25, -0.2) is 13.9 Å². The van der Waals surface area contributed by atoms with Crippen molar-refractivity contribution in [3.8, 4) is 11.5 Å². The van der Waals surface area contributed by atoms with Crippen molar-refractivity contribution < 1.29 is 33.2 Å². The van der Waals surface area contributed by atoms with Crippen molar-refractivity contribution in [2.45, 2.75) is 44.1 Å². The zero-order valence-electron chi connectivity index (χ0n) is 26.8. The van der Waals surface area contributed by atoms with Crippen molar-refractivity contribution >= 4 is 23.0 Å². The standard InChI is InChI=1S/C35H36FN5O7/c1-20(2)31(43)41-32(44)28-30(39-34(41)37)40(19-38-28)33-27(36)29(42)26(48-33)18-47-35(21-8-6-5-7-9-21,22-10-14-24(45-3)15-11-22)23-12-16-25(46-4)17-13-23/h5-17,19-20,26-27,29,33,42H,18H2,1-4H3,(H2,37,39)/t26-,27-,29-,33-/m1/s1. The van der Waals surface area contributed by atoms with E-state index in [-0.39, 0.29) is 23.7 Å². The fourth-order valence-corrected chi connectivity index (χ4v) is 5.99. The number of carbonyl (C=O) groups excluding carboxylic acids is 1. The smallest absolute Gasteiger partial charge is 0.289 e. The molecule has 1 aliphatic rings. The van der Waals surface area contributed by atoms with Crippen molar-refractivity contribution in [3.63, 3.8) is 0 Å². The van der Waals surface area contributed by atoms with Crippen LogP contribution in [0.4, 0.5) is 10.3 Å². The van der Waals surface area contributed by atoms with Gasteiger partial charge in [-0.05, 0) is 41.0 Å². The quantitative estimate of drug-likeness (QED) is 0.210. The number of nitrogen functional groups attached to an aromatic ring is 1. The third kappa shape index (κ3) is 5.59. The van der Waals surface area contributed by atoms with Gasteiger partial charge in [0.15, 0.2) is 23.6 Å². The number of aliphatic hydroxyl groups excluding tert-OH is 1. The molecule has 0 spiro atoms. The Kier molecular flexibility index (Phi) is 9.01. The number of aromatic nitrogens is 4. The van der Waals surface area contributed by atoms with E-state index in [0.717, 1.165) is 21.3 Å². The van der Waals surface area contributed by atoms with E-state index in [9.17, 15) is 14.7 Å². The van der Waals surface area contributed by atoms with E-state index in [2.05, 4.69) is 9.97 Å². The van der Waals surface area contributed by atoms with Gasteiger partial charge in [0.2, 0.25) is 11.9 Å². The summed E-state index contributed by atoms with van der Waals surface area (Å²) in [7, 11) is 3.16. The molecule has 3 aromatic carbocycles. The molecule has 12 nitrogen and oxygen atoms in total. The maximum Gasteiger partial charge on any atom is 0.289 e. The summed E-state index contributed by atoms with van der Waals surface area (Å²) in [5, 5.41) is 11.1. The van der Waals surface area contributed by atoms with Crippen LogP contribution < -0.4 is 20.8 Å². The highest BCUT2D eigenvalue weighted by molar-refractivity contribution is 5.85. The Hall–Kier alpha value is -5.11. The third-order valence-corrected chi connectivity index (χ3v) is 8.54. The van der Waals surface area contributed by atoms with E-state index in [1.165, 1.54) is 10.9 Å². The first-order valence-electron chi connectivity index (χ1n) is 15.4. The molecular weight excluding hydrogens is 621 g/mol. The Morgan fingerprint density at radius 2 is 1.54 bits per heavy atom. The molecule has 0 radical (unpaired) electrons. The fraction of sp³-hybridized carbons (Fsp3) is 0.314. The molecule has 1 fully saturated rings. The first-order chi connectivity index (χ1) is 23.1. The molecule has 2 aromatic heterocycles. The zero-order valence-corrected chi connectivity index (χ0v) is 26.8. The van der Waals surface area contributed by atoms with Gasteiger partial charge in [0.1, 0.15) is 29.3 Å². The Bertz CT molecular complexity index is 1910. The van der Waals surface area contributed by atoms with Gasteiger partial charge in [0.25, 0.3) is 5.56 Å². The van der Waals surface area contributed by atoms with Crippen molar-refractivity contribution in [2.24, 2.45) is 5.92 Å². The highest BCUT2D eigenvalue weighted by Crippen LogP contribution is 2.43. The van der Waals surface area contributed by atoms with Crippen LogP contribution in [0.15, 0.2) is 90.0 Å². The second-order valence-corrected chi connectivity index (χ2v) is 11.7. The molecule has 3 N–H and O–H groups in total. The van der Waals surface area contributed by atoms with Gasteiger partial charge < -0.3 is 29.8 Å². The monoisotopic (exact) mass is 657 g/mol. The Balaban J connectivity index is 1.38. The zero-order chi connectivity index (χ0) is 34.2. The van der Waals surface area contributed by atoms with E-state index in [1.54, 1.807) is 28.1 Å². The van der Waals surface area contributed by atoms with E-state index >= 15 is 4.39 Å². The van der Waals surface area contributed by atoms with E-state index in [0.29, 0.717) is 11.5 Å². The number of ether oxygens (including phenoxy) is 4. The molecule has 0 aliphatic carbocycles. The number of aliphatic hydroxyl groups is 1. The SMILES string of the molecule is COc1ccc(C(OC[C@H]2O[C@@H](n3cnc4c(=O)n(C(=O)C(C)C)c(N)nc43)[C@H](F)[C@@H]2O)(c2ccccc2)c2ccc(OC)cc2)cc1. The van der Waals surface area contributed by atoms with Gasteiger partial charge in [0.05, 0.1) is 27.2 Å². The largest absolute Gasteiger partial charge is 0.497 e. The highest BCUT2D eigenvalue weighted by Gasteiger charge is 2.48. The lowest BCUT2D eigenvalue weighted by Crippen LogP contribution is -2.39. The molecule has 250 valence electrons. The van der Waals surface area contributed by atoms with Crippen LogP contribution in [0.5, 0.6) is 11.5 Å². The summed E-state index contributed by atoms with van der Waals surface area (Å²) in [6.07, 6.45) is -4.96. The first-order valence-corrected chi connectivity index (χ1v) is 15.4. The number of benzene rings is 3. The maximum absolute atomic E-state index is 15.9. The van der Waals surface area contributed by atoms with Gasteiger partial charge >= 0.3 is 0 Å². The summed E-state index contributed by atoms with van der Waals surface area (Å²) in [6.45, 7) is 3.00. The van der Waals surface area contributed by atoms with Crippen LogP contribution in [0, 0.1) is 5.92 Å². The summed E-state index contributed by atoms with van der Waals surface area (Å²) >= 11 is 0.